The smallest absolute Gasteiger partial charge is 0.108 e. The van der Waals surface area contributed by atoms with Crippen LogP contribution in [0.3, 0.4) is 0 Å². The summed E-state index contributed by atoms with van der Waals surface area (Å²) in [6.45, 7) is 3.97. The molecule has 86 valence electrons. The minimum atomic E-state index is -0.248. The molecule has 3 nitrogen and oxygen atoms in total. The molecule has 0 spiro atoms. The zero-order valence-electron chi connectivity index (χ0n) is 9.25. The van der Waals surface area contributed by atoms with Crippen LogP contribution >= 0.6 is 22.9 Å². The molecule has 0 aliphatic carbocycles. The van der Waals surface area contributed by atoms with Gasteiger partial charge in [-0.05, 0) is 26.0 Å². The molecule has 2 heterocycles. The molecule has 0 radical (unpaired) electrons. The fourth-order valence-electron chi connectivity index (χ4n) is 1.47. The fraction of sp³-hybridized carbons (Fsp3) is 0.364. The molecule has 5 heteroatoms. The Morgan fingerprint density at radius 3 is 2.81 bits per heavy atom. The van der Waals surface area contributed by atoms with Crippen LogP contribution in [0.15, 0.2) is 18.3 Å². The van der Waals surface area contributed by atoms with Crippen molar-refractivity contribution in [2.75, 3.05) is 0 Å². The molecule has 0 amide bonds. The third-order valence-electron chi connectivity index (χ3n) is 2.09. The number of aromatic nitrogens is 2. The normalized spacial score (nSPS) is 12.0. The molecule has 0 aromatic carbocycles. The van der Waals surface area contributed by atoms with Gasteiger partial charge in [-0.25, -0.2) is 4.98 Å². The van der Waals surface area contributed by atoms with E-state index in [4.69, 9.17) is 17.3 Å². The summed E-state index contributed by atoms with van der Waals surface area (Å²) in [6, 6.07) is 3.87. The van der Waals surface area contributed by atoms with Gasteiger partial charge in [-0.2, -0.15) is 0 Å². The molecule has 16 heavy (non-hydrogen) atoms. The molecule has 0 aliphatic heterocycles. The van der Waals surface area contributed by atoms with Crippen LogP contribution in [0.4, 0.5) is 0 Å². The van der Waals surface area contributed by atoms with Crippen LogP contribution in [0, 0.1) is 0 Å². The minimum absolute atomic E-state index is 0.248. The van der Waals surface area contributed by atoms with E-state index in [9.17, 15) is 0 Å². The summed E-state index contributed by atoms with van der Waals surface area (Å²) in [6.07, 6.45) is 2.55. The number of aromatic amines is 1. The molecular weight excluding hydrogens is 242 g/mol. The van der Waals surface area contributed by atoms with Gasteiger partial charge in [0.25, 0.3) is 0 Å². The third kappa shape index (κ3) is 2.84. The maximum absolute atomic E-state index is 5.94. The van der Waals surface area contributed by atoms with E-state index in [1.54, 1.807) is 0 Å². The number of hydrogen-bond acceptors (Lipinski definition) is 3. The van der Waals surface area contributed by atoms with Crippen molar-refractivity contribution >= 4 is 22.9 Å². The predicted molar refractivity (Wildman–Crippen MR) is 68.9 cm³/mol. The highest BCUT2D eigenvalue weighted by Crippen LogP contribution is 2.29. The number of rotatable bonds is 3. The van der Waals surface area contributed by atoms with Gasteiger partial charge in [0, 0.05) is 12.0 Å². The summed E-state index contributed by atoms with van der Waals surface area (Å²) in [7, 11) is 0. The van der Waals surface area contributed by atoms with Crippen LogP contribution < -0.4 is 5.73 Å². The highest BCUT2D eigenvalue weighted by molar-refractivity contribution is 7.19. The lowest BCUT2D eigenvalue weighted by Gasteiger charge is -2.15. The SMILES string of the molecule is CC(C)(N)Cc1ncc(-c2ccc(Cl)s2)[nH]1. The second-order valence-corrected chi connectivity index (χ2v) is 6.23. The lowest BCUT2D eigenvalue weighted by Crippen LogP contribution is -2.34. The van der Waals surface area contributed by atoms with Crippen LogP contribution in [0.5, 0.6) is 0 Å². The summed E-state index contributed by atoms with van der Waals surface area (Å²) in [5.41, 5.74) is 6.69. The quantitative estimate of drug-likeness (QED) is 0.886. The molecule has 2 rings (SSSR count). The van der Waals surface area contributed by atoms with Crippen molar-refractivity contribution in [1.29, 1.82) is 0 Å². The summed E-state index contributed by atoms with van der Waals surface area (Å²) >= 11 is 7.42. The Kier molecular flexibility index (Phi) is 3.06. The van der Waals surface area contributed by atoms with Crippen LogP contribution in [0.25, 0.3) is 10.6 Å². The van der Waals surface area contributed by atoms with Crippen molar-refractivity contribution in [2.45, 2.75) is 25.8 Å². The number of nitrogens with two attached hydrogens (primary N) is 1. The van der Waals surface area contributed by atoms with Gasteiger partial charge >= 0.3 is 0 Å². The topological polar surface area (TPSA) is 54.7 Å². The van der Waals surface area contributed by atoms with Gasteiger partial charge < -0.3 is 10.7 Å². The fourth-order valence-corrected chi connectivity index (χ4v) is 2.48. The van der Waals surface area contributed by atoms with Crippen molar-refractivity contribution in [3.05, 3.63) is 28.5 Å². The largest absolute Gasteiger partial charge is 0.341 e. The molecule has 0 saturated heterocycles. The van der Waals surface area contributed by atoms with Gasteiger partial charge in [0.15, 0.2) is 0 Å². The second kappa shape index (κ2) is 4.20. The number of halogens is 1. The lowest BCUT2D eigenvalue weighted by atomic mass is 10.0. The maximum atomic E-state index is 5.94. The number of nitrogens with one attached hydrogen (secondary N) is 1. The molecule has 0 saturated carbocycles. The van der Waals surface area contributed by atoms with Crippen molar-refractivity contribution < 1.29 is 0 Å². The molecular formula is C11H14ClN3S. The highest BCUT2D eigenvalue weighted by atomic mass is 35.5. The Hall–Kier alpha value is -0.840. The first kappa shape index (κ1) is 11.6. The number of imidazole rings is 1. The summed E-state index contributed by atoms with van der Waals surface area (Å²) in [5.74, 6) is 0.909. The van der Waals surface area contributed by atoms with Gasteiger partial charge in [-0.1, -0.05) is 11.6 Å². The second-order valence-electron chi connectivity index (χ2n) is 4.51. The van der Waals surface area contributed by atoms with Crippen LogP contribution in [-0.4, -0.2) is 15.5 Å². The van der Waals surface area contributed by atoms with Crippen LogP contribution in [0.1, 0.15) is 19.7 Å². The minimum Gasteiger partial charge on any atom is -0.341 e. The first-order valence-electron chi connectivity index (χ1n) is 5.02. The average molecular weight is 256 g/mol. The van der Waals surface area contributed by atoms with Gasteiger partial charge in [0.05, 0.1) is 21.1 Å². The van der Waals surface area contributed by atoms with E-state index >= 15 is 0 Å². The first-order valence-corrected chi connectivity index (χ1v) is 6.22. The van der Waals surface area contributed by atoms with Crippen LogP contribution in [0.2, 0.25) is 4.34 Å². The molecule has 2 aromatic heterocycles. The van der Waals surface area contributed by atoms with Crippen molar-refractivity contribution in [1.82, 2.24) is 9.97 Å². The van der Waals surface area contributed by atoms with Crippen LogP contribution in [-0.2, 0) is 6.42 Å². The highest BCUT2D eigenvalue weighted by Gasteiger charge is 2.14. The molecule has 0 bridgehead atoms. The van der Waals surface area contributed by atoms with E-state index < -0.39 is 0 Å². The Balaban J connectivity index is 2.20. The molecule has 0 unspecified atom stereocenters. The number of H-pyrrole nitrogens is 1. The molecule has 2 aromatic rings. The van der Waals surface area contributed by atoms with Gasteiger partial charge in [0.1, 0.15) is 5.82 Å². The lowest BCUT2D eigenvalue weighted by molar-refractivity contribution is 0.505. The van der Waals surface area contributed by atoms with Gasteiger partial charge in [-0.3, -0.25) is 0 Å². The number of thiophene rings is 1. The van der Waals surface area contributed by atoms with E-state index in [0.717, 1.165) is 27.2 Å². The zero-order chi connectivity index (χ0) is 11.8. The van der Waals surface area contributed by atoms with Gasteiger partial charge in [0.2, 0.25) is 0 Å². The average Bonchev–Trinajstić information content (AvgIpc) is 2.71. The predicted octanol–water partition coefficient (Wildman–Crippen LogP) is 3.07. The van der Waals surface area contributed by atoms with Gasteiger partial charge in [-0.15, -0.1) is 11.3 Å². The summed E-state index contributed by atoms with van der Waals surface area (Å²) in [5, 5.41) is 0. The Labute approximate surface area is 104 Å². The van der Waals surface area contributed by atoms with Crippen molar-refractivity contribution in [3.63, 3.8) is 0 Å². The summed E-state index contributed by atoms with van der Waals surface area (Å²) in [4.78, 5) is 8.67. The Morgan fingerprint density at radius 2 is 2.25 bits per heavy atom. The molecule has 0 aliphatic rings. The zero-order valence-corrected chi connectivity index (χ0v) is 10.8. The van der Waals surface area contributed by atoms with E-state index in [0.29, 0.717) is 0 Å². The standard InChI is InChI=1S/C11H14ClN3S/c1-11(2,13)5-10-14-6-7(15-10)8-3-4-9(12)16-8/h3-4,6H,5,13H2,1-2H3,(H,14,15). The number of nitrogens with zero attached hydrogens (tertiary/aromatic N) is 1. The van der Waals surface area contributed by atoms with E-state index in [2.05, 4.69) is 9.97 Å². The monoisotopic (exact) mass is 255 g/mol. The van der Waals surface area contributed by atoms with E-state index in [1.807, 2.05) is 32.2 Å². The van der Waals surface area contributed by atoms with Crippen molar-refractivity contribution in [2.24, 2.45) is 5.73 Å². The summed E-state index contributed by atoms with van der Waals surface area (Å²) < 4.78 is 0.783. The molecule has 0 fully saturated rings. The molecule has 3 N–H and O–H groups in total. The maximum Gasteiger partial charge on any atom is 0.108 e. The van der Waals surface area contributed by atoms with E-state index in [-0.39, 0.29) is 5.54 Å². The Bertz CT molecular complexity index is 481. The van der Waals surface area contributed by atoms with E-state index in [1.165, 1.54) is 11.3 Å². The Morgan fingerprint density at radius 1 is 1.50 bits per heavy atom. The molecule has 0 atom stereocenters. The first-order chi connectivity index (χ1) is 7.44. The van der Waals surface area contributed by atoms with Crippen molar-refractivity contribution in [3.8, 4) is 10.6 Å². The number of hydrogen-bond donors (Lipinski definition) is 2. The third-order valence-corrected chi connectivity index (χ3v) is 3.35.